The fourth-order valence-electron chi connectivity index (χ4n) is 2.33. The van der Waals surface area contributed by atoms with E-state index in [9.17, 15) is 4.79 Å². The van der Waals surface area contributed by atoms with E-state index in [0.29, 0.717) is 10.7 Å². The van der Waals surface area contributed by atoms with Crippen LogP contribution < -0.4 is 5.32 Å². The first kappa shape index (κ1) is 15.6. The number of anilines is 1. The third kappa shape index (κ3) is 3.27. The average Bonchev–Trinajstić information content (AvgIpc) is 2.74. The number of benzene rings is 1. The Balaban J connectivity index is 2.28. The molecule has 5 heteroatoms. The first-order valence-corrected chi connectivity index (χ1v) is 7.56. The molecule has 2 aromatic rings. The molecule has 0 aliphatic rings. The highest BCUT2D eigenvalue weighted by Gasteiger charge is 2.20. The zero-order chi connectivity index (χ0) is 15.4. The van der Waals surface area contributed by atoms with Crippen molar-refractivity contribution < 1.29 is 4.79 Å². The van der Waals surface area contributed by atoms with Crippen LogP contribution in [0.2, 0.25) is 5.02 Å². The van der Waals surface area contributed by atoms with Gasteiger partial charge in [0.15, 0.2) is 0 Å². The quantitative estimate of drug-likeness (QED) is 0.912. The summed E-state index contributed by atoms with van der Waals surface area (Å²) in [6.07, 6.45) is 2.57. The topological polar surface area (TPSA) is 46.9 Å². The van der Waals surface area contributed by atoms with E-state index in [1.165, 1.54) is 0 Å². The molecular weight excluding hydrogens is 286 g/mol. The van der Waals surface area contributed by atoms with Gasteiger partial charge in [0.25, 0.3) is 5.91 Å². The molecule has 0 atom stereocenters. The van der Waals surface area contributed by atoms with Gasteiger partial charge in [0, 0.05) is 12.7 Å². The molecule has 1 amide bonds. The minimum absolute atomic E-state index is 0.224. The van der Waals surface area contributed by atoms with Crippen LogP contribution in [0.15, 0.2) is 24.3 Å². The average molecular weight is 306 g/mol. The fourth-order valence-corrected chi connectivity index (χ4v) is 2.67. The molecule has 4 nitrogen and oxygen atoms in total. The third-order valence-corrected chi connectivity index (χ3v) is 3.80. The Hall–Kier alpha value is -1.81. The van der Waals surface area contributed by atoms with Crippen molar-refractivity contribution in [3.63, 3.8) is 0 Å². The molecule has 1 heterocycles. The molecule has 0 aliphatic heterocycles. The zero-order valence-corrected chi connectivity index (χ0v) is 13.4. The van der Waals surface area contributed by atoms with Crippen molar-refractivity contribution in [2.45, 2.75) is 33.1 Å². The molecule has 0 unspecified atom stereocenters. The van der Waals surface area contributed by atoms with Gasteiger partial charge in [-0.15, -0.1) is 0 Å². The molecule has 0 saturated heterocycles. The molecule has 1 N–H and O–H groups in total. The van der Waals surface area contributed by atoms with Crippen LogP contribution in [0.4, 0.5) is 5.69 Å². The fraction of sp³-hybridized carbons (Fsp3) is 0.375. The number of rotatable bonds is 5. The van der Waals surface area contributed by atoms with Gasteiger partial charge in [0.2, 0.25) is 0 Å². The summed E-state index contributed by atoms with van der Waals surface area (Å²) in [5.41, 5.74) is 3.10. The molecule has 112 valence electrons. The van der Waals surface area contributed by atoms with Crippen molar-refractivity contribution in [3.05, 3.63) is 46.2 Å². The molecule has 0 fully saturated rings. The molecule has 0 aliphatic carbocycles. The standard InChI is InChI=1S/C16H20ClN3O/c1-4-8-13-14(17)15(20(3)19-13)16(21)18-12-10-7-6-9-11(12)5-2/h6-7,9-10H,4-5,8H2,1-3H3,(H,18,21). The Morgan fingerprint density at radius 3 is 2.71 bits per heavy atom. The minimum Gasteiger partial charge on any atom is -0.320 e. The Labute approximate surface area is 130 Å². The van der Waals surface area contributed by atoms with E-state index in [4.69, 9.17) is 11.6 Å². The number of nitrogens with zero attached hydrogens (tertiary/aromatic N) is 2. The lowest BCUT2D eigenvalue weighted by Crippen LogP contribution is -2.17. The van der Waals surface area contributed by atoms with Crippen LogP contribution in [0.3, 0.4) is 0 Å². The first-order chi connectivity index (χ1) is 10.1. The van der Waals surface area contributed by atoms with Crippen LogP contribution in [-0.4, -0.2) is 15.7 Å². The van der Waals surface area contributed by atoms with Crippen LogP contribution in [0, 0.1) is 0 Å². The number of halogens is 1. The van der Waals surface area contributed by atoms with Crippen molar-refractivity contribution in [1.82, 2.24) is 9.78 Å². The number of aromatic nitrogens is 2. The number of carbonyl (C=O) groups excluding carboxylic acids is 1. The van der Waals surface area contributed by atoms with Crippen LogP contribution in [0.25, 0.3) is 0 Å². The molecule has 1 aromatic heterocycles. The highest BCUT2D eigenvalue weighted by atomic mass is 35.5. The predicted octanol–water partition coefficient (Wildman–Crippen LogP) is 3.84. The Bertz CT molecular complexity index is 649. The van der Waals surface area contributed by atoms with E-state index in [-0.39, 0.29) is 5.91 Å². The number of nitrogens with one attached hydrogen (secondary N) is 1. The predicted molar refractivity (Wildman–Crippen MR) is 86.0 cm³/mol. The Morgan fingerprint density at radius 1 is 1.33 bits per heavy atom. The number of aryl methyl sites for hydroxylation is 3. The van der Waals surface area contributed by atoms with E-state index in [2.05, 4.69) is 24.3 Å². The lowest BCUT2D eigenvalue weighted by molar-refractivity contribution is 0.101. The number of amides is 1. The monoisotopic (exact) mass is 305 g/mol. The normalized spacial score (nSPS) is 10.7. The second-order valence-corrected chi connectivity index (χ2v) is 5.33. The summed E-state index contributed by atoms with van der Waals surface area (Å²) in [5, 5.41) is 7.71. The molecule has 0 radical (unpaired) electrons. The lowest BCUT2D eigenvalue weighted by Gasteiger charge is -2.10. The summed E-state index contributed by atoms with van der Waals surface area (Å²) < 4.78 is 1.55. The van der Waals surface area contributed by atoms with Crippen LogP contribution >= 0.6 is 11.6 Å². The molecule has 2 rings (SSSR count). The zero-order valence-electron chi connectivity index (χ0n) is 12.6. The summed E-state index contributed by atoms with van der Waals surface area (Å²) in [7, 11) is 1.74. The maximum absolute atomic E-state index is 12.5. The SMILES string of the molecule is CCCc1nn(C)c(C(=O)Nc2ccccc2CC)c1Cl. The van der Waals surface area contributed by atoms with Gasteiger partial charge < -0.3 is 5.32 Å². The van der Waals surface area contributed by atoms with Gasteiger partial charge in [-0.1, -0.05) is 50.1 Å². The van der Waals surface area contributed by atoms with Crippen molar-refractivity contribution in [1.29, 1.82) is 0 Å². The maximum Gasteiger partial charge on any atom is 0.275 e. The second kappa shape index (κ2) is 6.76. The summed E-state index contributed by atoms with van der Waals surface area (Å²) >= 11 is 6.30. The molecular formula is C16H20ClN3O. The molecule has 0 spiro atoms. The van der Waals surface area contributed by atoms with Crippen molar-refractivity contribution >= 4 is 23.2 Å². The van der Waals surface area contributed by atoms with Crippen LogP contribution in [0.5, 0.6) is 0 Å². The van der Waals surface area contributed by atoms with Gasteiger partial charge in [0.1, 0.15) is 5.69 Å². The summed E-state index contributed by atoms with van der Waals surface area (Å²) in [5.74, 6) is -0.224. The molecule has 0 bridgehead atoms. The second-order valence-electron chi connectivity index (χ2n) is 4.95. The van der Waals surface area contributed by atoms with E-state index in [1.807, 2.05) is 24.3 Å². The number of para-hydroxylation sites is 1. The third-order valence-electron chi connectivity index (χ3n) is 3.40. The number of carbonyl (C=O) groups is 1. The van der Waals surface area contributed by atoms with E-state index in [0.717, 1.165) is 36.2 Å². The molecule has 1 aromatic carbocycles. The Kier molecular flexibility index (Phi) is 5.02. The maximum atomic E-state index is 12.5. The van der Waals surface area contributed by atoms with Crippen molar-refractivity contribution in [3.8, 4) is 0 Å². The van der Waals surface area contributed by atoms with Crippen molar-refractivity contribution in [2.24, 2.45) is 7.05 Å². The van der Waals surface area contributed by atoms with Crippen LogP contribution in [-0.2, 0) is 19.9 Å². The summed E-state index contributed by atoms with van der Waals surface area (Å²) in [6.45, 7) is 4.11. The van der Waals surface area contributed by atoms with Crippen molar-refractivity contribution in [2.75, 3.05) is 5.32 Å². The van der Waals surface area contributed by atoms with E-state index >= 15 is 0 Å². The van der Waals surface area contributed by atoms with Gasteiger partial charge in [-0.2, -0.15) is 5.10 Å². The highest BCUT2D eigenvalue weighted by molar-refractivity contribution is 6.34. The smallest absolute Gasteiger partial charge is 0.275 e. The van der Waals surface area contributed by atoms with Gasteiger partial charge in [-0.25, -0.2) is 0 Å². The van der Waals surface area contributed by atoms with Gasteiger partial charge in [-0.3, -0.25) is 9.48 Å². The Morgan fingerprint density at radius 2 is 2.05 bits per heavy atom. The minimum atomic E-state index is -0.224. The summed E-state index contributed by atoms with van der Waals surface area (Å²) in [6, 6.07) is 7.77. The number of hydrogen-bond acceptors (Lipinski definition) is 2. The van der Waals surface area contributed by atoms with Gasteiger partial charge in [0.05, 0.1) is 10.7 Å². The van der Waals surface area contributed by atoms with E-state index < -0.39 is 0 Å². The van der Waals surface area contributed by atoms with Gasteiger partial charge in [-0.05, 0) is 24.5 Å². The summed E-state index contributed by atoms with van der Waals surface area (Å²) in [4.78, 5) is 12.5. The highest BCUT2D eigenvalue weighted by Crippen LogP contribution is 2.23. The van der Waals surface area contributed by atoms with E-state index in [1.54, 1.807) is 11.7 Å². The number of hydrogen-bond donors (Lipinski definition) is 1. The van der Waals surface area contributed by atoms with Gasteiger partial charge >= 0.3 is 0 Å². The molecule has 21 heavy (non-hydrogen) atoms. The van der Waals surface area contributed by atoms with Crippen LogP contribution in [0.1, 0.15) is 42.0 Å². The first-order valence-electron chi connectivity index (χ1n) is 7.19. The largest absolute Gasteiger partial charge is 0.320 e. The lowest BCUT2D eigenvalue weighted by atomic mass is 10.1. The molecule has 0 saturated carbocycles.